The Morgan fingerprint density at radius 3 is 2.53 bits per heavy atom. The van der Waals surface area contributed by atoms with Gasteiger partial charge in [-0.3, -0.25) is 9.59 Å². The quantitative estimate of drug-likeness (QED) is 0.777. The van der Waals surface area contributed by atoms with Crippen LogP contribution in [0.5, 0.6) is 0 Å². The summed E-state index contributed by atoms with van der Waals surface area (Å²) in [5, 5.41) is 11.8. The molecule has 0 aromatic carbocycles. The molecule has 0 spiro atoms. The van der Waals surface area contributed by atoms with Crippen molar-refractivity contribution in [1.29, 1.82) is 0 Å². The zero-order valence-electron chi connectivity index (χ0n) is 10.7. The van der Waals surface area contributed by atoms with Crippen molar-refractivity contribution in [2.75, 3.05) is 7.11 Å². The molecule has 1 saturated carbocycles. The minimum atomic E-state index is -0.865. The summed E-state index contributed by atoms with van der Waals surface area (Å²) in [4.78, 5) is 22.8. The molecule has 1 amide bonds. The van der Waals surface area contributed by atoms with E-state index in [4.69, 9.17) is 9.84 Å². The number of methoxy groups -OCH3 is 1. The average Bonchev–Trinajstić information content (AvgIpc) is 2.29. The van der Waals surface area contributed by atoms with Crippen LogP contribution in [0.25, 0.3) is 0 Å². The van der Waals surface area contributed by atoms with E-state index >= 15 is 0 Å². The third-order valence-corrected chi connectivity index (χ3v) is 3.42. The van der Waals surface area contributed by atoms with Gasteiger partial charge in [0.2, 0.25) is 0 Å². The van der Waals surface area contributed by atoms with Gasteiger partial charge >= 0.3 is 5.97 Å². The van der Waals surface area contributed by atoms with Crippen LogP contribution >= 0.6 is 0 Å². The van der Waals surface area contributed by atoms with Gasteiger partial charge in [-0.15, -0.1) is 0 Å². The average molecular weight is 243 g/mol. The fourth-order valence-electron chi connectivity index (χ4n) is 2.00. The molecule has 0 bridgehead atoms. The Kier molecular flexibility index (Phi) is 4.51. The first-order chi connectivity index (χ1) is 7.86. The Hall–Kier alpha value is -1.10. The van der Waals surface area contributed by atoms with Gasteiger partial charge in [-0.05, 0) is 33.1 Å². The topological polar surface area (TPSA) is 75.6 Å². The first kappa shape index (κ1) is 14.0. The summed E-state index contributed by atoms with van der Waals surface area (Å²) in [6.45, 7) is 3.39. The molecule has 2 unspecified atom stereocenters. The normalized spacial score (nSPS) is 25.4. The first-order valence-electron chi connectivity index (χ1n) is 5.95. The van der Waals surface area contributed by atoms with Crippen LogP contribution in [0.2, 0.25) is 0 Å². The van der Waals surface area contributed by atoms with E-state index in [0.29, 0.717) is 12.8 Å². The Labute approximate surface area is 102 Å². The van der Waals surface area contributed by atoms with Crippen molar-refractivity contribution in [3.8, 4) is 0 Å². The minimum absolute atomic E-state index is 0.0493. The molecule has 0 radical (unpaired) electrons. The predicted octanol–water partition coefficient (Wildman–Crippen LogP) is 1.17. The summed E-state index contributed by atoms with van der Waals surface area (Å²) < 4.78 is 5.09. The lowest BCUT2D eigenvalue weighted by Crippen LogP contribution is -2.49. The molecule has 17 heavy (non-hydrogen) atoms. The molecule has 1 aliphatic rings. The van der Waals surface area contributed by atoms with Crippen molar-refractivity contribution in [2.45, 2.75) is 51.2 Å². The smallest absolute Gasteiger partial charge is 0.306 e. The lowest BCUT2D eigenvalue weighted by molar-refractivity contribution is -0.145. The van der Waals surface area contributed by atoms with Crippen molar-refractivity contribution in [3.63, 3.8) is 0 Å². The van der Waals surface area contributed by atoms with Gasteiger partial charge in [0.1, 0.15) is 5.60 Å². The third kappa shape index (κ3) is 3.70. The zero-order chi connectivity index (χ0) is 13.1. The largest absolute Gasteiger partial charge is 0.481 e. The monoisotopic (exact) mass is 243 g/mol. The number of carbonyl (C=O) groups is 2. The molecular formula is C12H21NO4. The van der Waals surface area contributed by atoms with E-state index in [9.17, 15) is 9.59 Å². The lowest BCUT2D eigenvalue weighted by Gasteiger charge is -2.30. The number of ether oxygens (including phenoxy) is 1. The van der Waals surface area contributed by atoms with Crippen LogP contribution in [0.15, 0.2) is 0 Å². The zero-order valence-corrected chi connectivity index (χ0v) is 10.7. The van der Waals surface area contributed by atoms with Gasteiger partial charge in [-0.1, -0.05) is 6.42 Å². The number of rotatable bonds is 4. The standard InChI is InChI=1S/C12H21NO4/c1-12(2,17-3)11(16)13-9-6-4-5-8(7-9)10(14)15/h8-9H,4-7H2,1-3H3,(H,13,16)(H,14,15). The van der Waals surface area contributed by atoms with Gasteiger partial charge in [-0.25, -0.2) is 0 Å². The Balaban J connectivity index is 2.52. The number of carbonyl (C=O) groups excluding carboxylic acids is 1. The van der Waals surface area contributed by atoms with E-state index in [2.05, 4.69) is 5.32 Å². The molecule has 2 N–H and O–H groups in total. The number of hydrogen-bond donors (Lipinski definition) is 2. The molecule has 5 heteroatoms. The Morgan fingerprint density at radius 2 is 2.00 bits per heavy atom. The maximum Gasteiger partial charge on any atom is 0.306 e. The molecule has 98 valence electrons. The molecule has 1 rings (SSSR count). The van der Waals surface area contributed by atoms with Gasteiger partial charge in [0, 0.05) is 13.2 Å². The van der Waals surface area contributed by atoms with Crippen molar-refractivity contribution in [3.05, 3.63) is 0 Å². The lowest BCUT2D eigenvalue weighted by atomic mass is 9.85. The van der Waals surface area contributed by atoms with E-state index in [1.807, 2.05) is 0 Å². The number of nitrogens with one attached hydrogen (secondary N) is 1. The summed E-state index contributed by atoms with van der Waals surface area (Å²) in [5.74, 6) is -1.29. The van der Waals surface area contributed by atoms with Crippen LogP contribution in [0.4, 0.5) is 0 Å². The molecule has 0 saturated heterocycles. The highest BCUT2D eigenvalue weighted by atomic mass is 16.5. The number of aliphatic carboxylic acids is 1. The predicted molar refractivity (Wildman–Crippen MR) is 62.6 cm³/mol. The highest BCUT2D eigenvalue weighted by Crippen LogP contribution is 2.25. The van der Waals surface area contributed by atoms with Crippen LogP contribution in [-0.2, 0) is 14.3 Å². The molecule has 1 aliphatic carbocycles. The maximum atomic E-state index is 11.9. The second kappa shape index (κ2) is 5.49. The molecule has 0 aromatic rings. The summed E-state index contributed by atoms with van der Waals surface area (Å²) in [6, 6.07) is -0.0493. The summed E-state index contributed by atoms with van der Waals surface area (Å²) >= 11 is 0. The summed E-state index contributed by atoms with van der Waals surface area (Å²) in [5.41, 5.74) is -0.865. The van der Waals surface area contributed by atoms with E-state index in [1.54, 1.807) is 13.8 Å². The van der Waals surface area contributed by atoms with E-state index in [0.717, 1.165) is 12.8 Å². The van der Waals surface area contributed by atoms with Gasteiger partial charge in [0.25, 0.3) is 5.91 Å². The second-order valence-electron chi connectivity index (χ2n) is 5.09. The highest BCUT2D eigenvalue weighted by molar-refractivity contribution is 5.84. The number of carboxylic acid groups (broad SMARTS) is 1. The molecule has 0 aliphatic heterocycles. The van der Waals surface area contributed by atoms with Crippen molar-refractivity contribution < 1.29 is 19.4 Å². The van der Waals surface area contributed by atoms with Crippen molar-refractivity contribution in [2.24, 2.45) is 5.92 Å². The van der Waals surface area contributed by atoms with Gasteiger partial charge in [0.05, 0.1) is 5.92 Å². The highest BCUT2D eigenvalue weighted by Gasteiger charge is 2.32. The van der Waals surface area contributed by atoms with Crippen LogP contribution in [0, 0.1) is 5.92 Å². The van der Waals surface area contributed by atoms with Crippen LogP contribution in [0.1, 0.15) is 39.5 Å². The van der Waals surface area contributed by atoms with Gasteiger partial charge < -0.3 is 15.2 Å². The summed E-state index contributed by atoms with van der Waals surface area (Å²) in [6.07, 6.45) is 2.90. The molecular weight excluding hydrogens is 222 g/mol. The Bertz CT molecular complexity index is 301. The summed E-state index contributed by atoms with van der Waals surface area (Å²) in [7, 11) is 1.49. The van der Waals surface area contributed by atoms with Gasteiger partial charge in [-0.2, -0.15) is 0 Å². The molecule has 0 aromatic heterocycles. The molecule has 2 atom stereocenters. The van der Waals surface area contributed by atoms with Crippen LogP contribution in [-0.4, -0.2) is 35.7 Å². The van der Waals surface area contributed by atoms with E-state index in [-0.39, 0.29) is 17.9 Å². The molecule has 0 heterocycles. The minimum Gasteiger partial charge on any atom is -0.481 e. The van der Waals surface area contributed by atoms with E-state index < -0.39 is 11.6 Å². The number of carboxylic acids is 1. The number of hydrogen-bond acceptors (Lipinski definition) is 3. The second-order valence-corrected chi connectivity index (χ2v) is 5.09. The first-order valence-corrected chi connectivity index (χ1v) is 5.95. The SMILES string of the molecule is COC(C)(C)C(=O)NC1CCCC(C(=O)O)C1. The fourth-order valence-corrected chi connectivity index (χ4v) is 2.00. The van der Waals surface area contributed by atoms with Crippen molar-refractivity contribution in [1.82, 2.24) is 5.32 Å². The Morgan fingerprint density at radius 1 is 1.35 bits per heavy atom. The third-order valence-electron chi connectivity index (χ3n) is 3.42. The van der Waals surface area contributed by atoms with Gasteiger partial charge in [0.15, 0.2) is 0 Å². The van der Waals surface area contributed by atoms with E-state index in [1.165, 1.54) is 7.11 Å². The van der Waals surface area contributed by atoms with Crippen molar-refractivity contribution >= 4 is 11.9 Å². The van der Waals surface area contributed by atoms with Crippen LogP contribution < -0.4 is 5.32 Å². The molecule has 1 fully saturated rings. The maximum absolute atomic E-state index is 11.9. The fraction of sp³-hybridized carbons (Fsp3) is 0.833. The van der Waals surface area contributed by atoms with Crippen LogP contribution in [0.3, 0.4) is 0 Å². The molecule has 5 nitrogen and oxygen atoms in total. The number of amides is 1.